The molecule has 0 unspecified atom stereocenters. The maximum atomic E-state index is 13.0. The van der Waals surface area contributed by atoms with Crippen molar-refractivity contribution < 1.29 is 4.79 Å². The minimum absolute atomic E-state index is 0.0667. The molecule has 0 N–H and O–H groups in total. The Labute approximate surface area is 154 Å². The fraction of sp³-hybridized carbons (Fsp3) is 0.125. The number of nitrogens with zero attached hydrogens (tertiary/aromatic N) is 1. The van der Waals surface area contributed by atoms with Crippen LogP contribution in [0.3, 0.4) is 0 Å². The van der Waals surface area contributed by atoms with Crippen molar-refractivity contribution in [3.63, 3.8) is 0 Å². The van der Waals surface area contributed by atoms with E-state index in [4.69, 9.17) is 0 Å². The van der Waals surface area contributed by atoms with Crippen molar-refractivity contribution in [1.82, 2.24) is 4.90 Å². The Kier molecular flexibility index (Phi) is 4.18. The standard InChI is InChI=1S/C24H21NO/c1-25(2)23-13-12-20(16-23)19-8-5-9-21(15-19)24(26)22-11-10-17-6-3-4-7-18(17)14-22/h3-11,13-16H,12H2,1-2H3. The Morgan fingerprint density at radius 2 is 1.62 bits per heavy atom. The van der Waals surface area contributed by atoms with Gasteiger partial charge >= 0.3 is 0 Å². The lowest BCUT2D eigenvalue weighted by molar-refractivity contribution is 0.103. The smallest absolute Gasteiger partial charge is 0.193 e. The highest BCUT2D eigenvalue weighted by atomic mass is 16.1. The van der Waals surface area contributed by atoms with E-state index in [1.807, 2.05) is 68.7 Å². The second-order valence-electron chi connectivity index (χ2n) is 6.87. The average molecular weight is 339 g/mol. The van der Waals surface area contributed by atoms with Gasteiger partial charge in [0.25, 0.3) is 0 Å². The second kappa shape index (κ2) is 6.64. The molecule has 0 radical (unpaired) electrons. The Morgan fingerprint density at radius 1 is 0.846 bits per heavy atom. The van der Waals surface area contributed by atoms with Crippen LogP contribution in [0.4, 0.5) is 0 Å². The van der Waals surface area contributed by atoms with Crippen LogP contribution >= 0.6 is 0 Å². The van der Waals surface area contributed by atoms with Crippen molar-refractivity contribution in [2.75, 3.05) is 14.1 Å². The molecule has 1 aliphatic carbocycles. The van der Waals surface area contributed by atoms with Gasteiger partial charge in [0, 0.05) is 30.9 Å². The van der Waals surface area contributed by atoms with E-state index >= 15 is 0 Å². The monoisotopic (exact) mass is 339 g/mol. The van der Waals surface area contributed by atoms with Crippen molar-refractivity contribution in [2.45, 2.75) is 6.42 Å². The number of fused-ring (bicyclic) bond motifs is 1. The normalized spacial score (nSPS) is 13.5. The van der Waals surface area contributed by atoms with Crippen molar-refractivity contribution in [1.29, 1.82) is 0 Å². The summed E-state index contributed by atoms with van der Waals surface area (Å²) in [5.74, 6) is 0.0667. The van der Waals surface area contributed by atoms with Crippen LogP contribution in [-0.2, 0) is 0 Å². The molecule has 0 atom stereocenters. The van der Waals surface area contributed by atoms with Gasteiger partial charge in [-0.25, -0.2) is 0 Å². The van der Waals surface area contributed by atoms with Gasteiger partial charge in [-0.15, -0.1) is 0 Å². The van der Waals surface area contributed by atoms with E-state index in [1.165, 1.54) is 11.3 Å². The number of allylic oxidation sites excluding steroid dienone is 3. The van der Waals surface area contributed by atoms with Crippen LogP contribution in [0.25, 0.3) is 16.3 Å². The third-order valence-corrected chi connectivity index (χ3v) is 4.88. The predicted octanol–water partition coefficient (Wildman–Crippen LogP) is 5.30. The molecular formula is C24H21NO. The highest BCUT2D eigenvalue weighted by Crippen LogP contribution is 2.29. The zero-order valence-corrected chi connectivity index (χ0v) is 15.1. The zero-order valence-electron chi connectivity index (χ0n) is 15.1. The van der Waals surface area contributed by atoms with E-state index in [-0.39, 0.29) is 5.78 Å². The first kappa shape index (κ1) is 16.3. The van der Waals surface area contributed by atoms with Crippen LogP contribution in [0.15, 0.2) is 84.6 Å². The van der Waals surface area contributed by atoms with Gasteiger partial charge in [-0.05, 0) is 46.5 Å². The summed E-state index contributed by atoms with van der Waals surface area (Å²) in [5, 5.41) is 2.24. The molecule has 0 saturated heterocycles. The van der Waals surface area contributed by atoms with Crippen molar-refractivity contribution in [2.24, 2.45) is 0 Å². The van der Waals surface area contributed by atoms with E-state index in [2.05, 4.69) is 29.2 Å². The van der Waals surface area contributed by atoms with E-state index in [1.54, 1.807) is 0 Å². The SMILES string of the molecule is CN(C)C1=CCC(c2cccc(C(=O)c3ccc4ccccc4c3)c2)=C1. The molecule has 0 bridgehead atoms. The highest BCUT2D eigenvalue weighted by Gasteiger charge is 2.14. The number of rotatable bonds is 4. The molecule has 2 nitrogen and oxygen atoms in total. The molecule has 0 amide bonds. The lowest BCUT2D eigenvalue weighted by Crippen LogP contribution is -2.07. The number of ketones is 1. The molecule has 0 heterocycles. The summed E-state index contributed by atoms with van der Waals surface area (Å²) in [6.45, 7) is 0. The van der Waals surface area contributed by atoms with Gasteiger partial charge in [0.1, 0.15) is 0 Å². The van der Waals surface area contributed by atoms with Crippen LogP contribution in [0, 0.1) is 0 Å². The van der Waals surface area contributed by atoms with Crippen LogP contribution in [0.1, 0.15) is 27.9 Å². The fourth-order valence-corrected chi connectivity index (χ4v) is 3.38. The van der Waals surface area contributed by atoms with Crippen LogP contribution < -0.4 is 0 Å². The maximum Gasteiger partial charge on any atom is 0.193 e. The molecule has 0 aliphatic heterocycles. The Morgan fingerprint density at radius 3 is 2.38 bits per heavy atom. The summed E-state index contributed by atoms with van der Waals surface area (Å²) in [4.78, 5) is 15.1. The van der Waals surface area contributed by atoms with E-state index in [0.29, 0.717) is 0 Å². The first-order chi connectivity index (χ1) is 12.6. The van der Waals surface area contributed by atoms with Crippen molar-refractivity contribution in [3.05, 3.63) is 101 Å². The van der Waals surface area contributed by atoms with Gasteiger partial charge in [-0.3, -0.25) is 4.79 Å². The zero-order chi connectivity index (χ0) is 18.1. The molecule has 3 aromatic carbocycles. The minimum Gasteiger partial charge on any atom is -0.378 e. The fourth-order valence-electron chi connectivity index (χ4n) is 3.38. The number of likely N-dealkylation sites (N-methyl/N-ethyl adjacent to an activating group) is 1. The van der Waals surface area contributed by atoms with Gasteiger partial charge < -0.3 is 4.90 Å². The molecular weight excluding hydrogens is 318 g/mol. The maximum absolute atomic E-state index is 13.0. The second-order valence-corrected chi connectivity index (χ2v) is 6.87. The first-order valence-corrected chi connectivity index (χ1v) is 8.84. The lowest BCUT2D eigenvalue weighted by Gasteiger charge is -2.10. The number of hydrogen-bond acceptors (Lipinski definition) is 2. The summed E-state index contributed by atoms with van der Waals surface area (Å²) < 4.78 is 0. The van der Waals surface area contributed by atoms with Crippen molar-refractivity contribution in [3.8, 4) is 0 Å². The third kappa shape index (κ3) is 3.06. The quantitative estimate of drug-likeness (QED) is 0.601. The summed E-state index contributed by atoms with van der Waals surface area (Å²) in [7, 11) is 4.09. The molecule has 3 aromatic rings. The molecule has 0 saturated carbocycles. The average Bonchev–Trinajstić information content (AvgIpc) is 3.18. The number of carbonyl (C=O) groups is 1. The summed E-state index contributed by atoms with van der Waals surface area (Å²) in [5.41, 5.74) is 5.04. The predicted molar refractivity (Wildman–Crippen MR) is 108 cm³/mol. The van der Waals surface area contributed by atoms with Crippen LogP contribution in [0.5, 0.6) is 0 Å². The number of hydrogen-bond donors (Lipinski definition) is 0. The van der Waals surface area contributed by atoms with Crippen LogP contribution in [0.2, 0.25) is 0 Å². The summed E-state index contributed by atoms with van der Waals surface area (Å²) in [6, 6.07) is 22.0. The van der Waals surface area contributed by atoms with E-state index in [9.17, 15) is 4.79 Å². The summed E-state index contributed by atoms with van der Waals surface area (Å²) in [6.07, 6.45) is 5.31. The number of benzene rings is 3. The molecule has 0 spiro atoms. The molecule has 128 valence electrons. The van der Waals surface area contributed by atoms with Gasteiger partial charge in [-0.2, -0.15) is 0 Å². The van der Waals surface area contributed by atoms with Gasteiger partial charge in [0.15, 0.2) is 5.78 Å². The van der Waals surface area contributed by atoms with E-state index < -0.39 is 0 Å². The van der Waals surface area contributed by atoms with Crippen LogP contribution in [-0.4, -0.2) is 24.8 Å². The van der Waals surface area contributed by atoms with E-state index in [0.717, 1.165) is 33.9 Å². The molecule has 4 rings (SSSR count). The van der Waals surface area contributed by atoms with Gasteiger partial charge in [-0.1, -0.05) is 60.7 Å². The minimum atomic E-state index is 0.0667. The van der Waals surface area contributed by atoms with Gasteiger partial charge in [0.2, 0.25) is 0 Å². The molecule has 1 aliphatic rings. The topological polar surface area (TPSA) is 20.3 Å². The molecule has 0 aromatic heterocycles. The summed E-state index contributed by atoms with van der Waals surface area (Å²) >= 11 is 0. The van der Waals surface area contributed by atoms with Gasteiger partial charge in [0.05, 0.1) is 0 Å². The first-order valence-electron chi connectivity index (χ1n) is 8.84. The van der Waals surface area contributed by atoms with Crippen molar-refractivity contribution >= 4 is 22.1 Å². The molecule has 0 fully saturated rings. The molecule has 2 heteroatoms. The number of carbonyl (C=O) groups excluding carboxylic acids is 1. The lowest BCUT2D eigenvalue weighted by atomic mass is 9.96. The highest BCUT2D eigenvalue weighted by molar-refractivity contribution is 6.11. The largest absolute Gasteiger partial charge is 0.378 e. The third-order valence-electron chi connectivity index (χ3n) is 4.88. The Hall–Kier alpha value is -3.13. The Bertz CT molecular complexity index is 1060. The Balaban J connectivity index is 1.65. The molecule has 26 heavy (non-hydrogen) atoms.